The van der Waals surface area contributed by atoms with E-state index >= 15 is 0 Å². The number of benzene rings is 2. The van der Waals surface area contributed by atoms with Crippen molar-refractivity contribution in [1.29, 1.82) is 0 Å². The Morgan fingerprint density at radius 2 is 1.77 bits per heavy atom. The molecule has 7 heteroatoms. The summed E-state index contributed by atoms with van der Waals surface area (Å²) in [5.74, 6) is 0.944. The lowest BCUT2D eigenvalue weighted by molar-refractivity contribution is 0.0971. The van der Waals surface area contributed by atoms with E-state index < -0.39 is 5.92 Å². The SMILES string of the molecule is COc1cc(OC)cc(-c2noc(C3C=Nc4ccccc4C3=O)n2)c1. The number of para-hydroxylation sites is 1. The van der Waals surface area contributed by atoms with Crippen molar-refractivity contribution in [3.05, 3.63) is 53.9 Å². The van der Waals surface area contributed by atoms with Crippen molar-refractivity contribution >= 4 is 17.7 Å². The lowest BCUT2D eigenvalue weighted by atomic mass is 9.94. The van der Waals surface area contributed by atoms with Crippen LogP contribution in [0.25, 0.3) is 11.4 Å². The molecule has 7 nitrogen and oxygen atoms in total. The number of fused-ring (bicyclic) bond motifs is 1. The predicted octanol–water partition coefficient (Wildman–Crippen LogP) is 3.44. The molecular weight excluding hydrogens is 334 g/mol. The number of hydrogen-bond donors (Lipinski definition) is 0. The Hall–Kier alpha value is -3.48. The monoisotopic (exact) mass is 349 g/mol. The second-order valence-electron chi connectivity index (χ2n) is 5.69. The highest BCUT2D eigenvalue weighted by atomic mass is 16.5. The third kappa shape index (κ3) is 2.73. The zero-order valence-corrected chi connectivity index (χ0v) is 14.2. The first-order chi connectivity index (χ1) is 12.7. The fraction of sp³-hybridized carbons (Fsp3) is 0.158. The Balaban J connectivity index is 1.69. The largest absolute Gasteiger partial charge is 0.497 e. The predicted molar refractivity (Wildman–Crippen MR) is 94.5 cm³/mol. The molecule has 0 spiro atoms. The average molecular weight is 349 g/mol. The zero-order valence-electron chi connectivity index (χ0n) is 14.2. The van der Waals surface area contributed by atoms with E-state index in [0.29, 0.717) is 34.1 Å². The maximum atomic E-state index is 12.7. The molecule has 0 N–H and O–H groups in total. The van der Waals surface area contributed by atoms with Gasteiger partial charge >= 0.3 is 0 Å². The number of Topliss-reactive ketones (excluding diaryl/α,β-unsaturated/α-hetero) is 1. The lowest BCUT2D eigenvalue weighted by Gasteiger charge is -2.13. The third-order valence-corrected chi connectivity index (χ3v) is 4.13. The minimum absolute atomic E-state index is 0.117. The maximum Gasteiger partial charge on any atom is 0.243 e. The Morgan fingerprint density at radius 1 is 1.04 bits per heavy atom. The van der Waals surface area contributed by atoms with Gasteiger partial charge in [0.05, 0.1) is 19.9 Å². The number of aromatic nitrogens is 2. The van der Waals surface area contributed by atoms with Gasteiger partial charge in [-0.15, -0.1) is 0 Å². The molecule has 2 heterocycles. The quantitative estimate of drug-likeness (QED) is 0.717. The van der Waals surface area contributed by atoms with Crippen molar-refractivity contribution in [2.45, 2.75) is 5.92 Å². The van der Waals surface area contributed by atoms with E-state index in [4.69, 9.17) is 14.0 Å². The molecular formula is C19H15N3O4. The van der Waals surface area contributed by atoms with Gasteiger partial charge in [0.15, 0.2) is 5.78 Å². The van der Waals surface area contributed by atoms with Crippen molar-refractivity contribution in [2.24, 2.45) is 4.99 Å². The van der Waals surface area contributed by atoms with Gasteiger partial charge in [0, 0.05) is 23.4 Å². The molecule has 0 bridgehead atoms. The van der Waals surface area contributed by atoms with Gasteiger partial charge in [-0.1, -0.05) is 17.3 Å². The van der Waals surface area contributed by atoms with E-state index in [1.807, 2.05) is 6.07 Å². The molecule has 0 aliphatic carbocycles. The summed E-state index contributed by atoms with van der Waals surface area (Å²) in [5.41, 5.74) is 1.85. The molecule has 1 atom stereocenters. The van der Waals surface area contributed by atoms with Gasteiger partial charge in [-0.05, 0) is 24.3 Å². The molecule has 2 aromatic carbocycles. The van der Waals surface area contributed by atoms with Gasteiger partial charge in [0.1, 0.15) is 17.4 Å². The first-order valence-electron chi connectivity index (χ1n) is 7.94. The minimum atomic E-state index is -0.696. The number of ketones is 1. The van der Waals surface area contributed by atoms with Crippen molar-refractivity contribution in [2.75, 3.05) is 14.2 Å². The van der Waals surface area contributed by atoms with Gasteiger partial charge in [0.25, 0.3) is 0 Å². The highest BCUT2D eigenvalue weighted by Gasteiger charge is 2.30. The highest BCUT2D eigenvalue weighted by Crippen LogP contribution is 2.32. The Kier molecular flexibility index (Phi) is 3.96. The number of carbonyl (C=O) groups excluding carboxylic acids is 1. The van der Waals surface area contributed by atoms with Crippen LogP contribution in [0.15, 0.2) is 52.0 Å². The van der Waals surface area contributed by atoms with E-state index in [0.717, 1.165) is 0 Å². The highest BCUT2D eigenvalue weighted by molar-refractivity contribution is 6.15. The third-order valence-electron chi connectivity index (χ3n) is 4.13. The van der Waals surface area contributed by atoms with Crippen molar-refractivity contribution in [3.63, 3.8) is 0 Å². The minimum Gasteiger partial charge on any atom is -0.497 e. The molecule has 1 aromatic heterocycles. The van der Waals surface area contributed by atoms with Crippen molar-refractivity contribution in [3.8, 4) is 22.9 Å². The molecule has 1 unspecified atom stereocenters. The normalized spacial score (nSPS) is 15.6. The number of carbonyl (C=O) groups is 1. The number of methoxy groups -OCH3 is 2. The maximum absolute atomic E-state index is 12.7. The second-order valence-corrected chi connectivity index (χ2v) is 5.69. The smallest absolute Gasteiger partial charge is 0.243 e. The summed E-state index contributed by atoms with van der Waals surface area (Å²) in [7, 11) is 3.13. The summed E-state index contributed by atoms with van der Waals surface area (Å²) >= 11 is 0. The topological polar surface area (TPSA) is 86.8 Å². The van der Waals surface area contributed by atoms with Gasteiger partial charge in [-0.3, -0.25) is 9.79 Å². The molecule has 1 aliphatic heterocycles. The summed E-state index contributed by atoms with van der Waals surface area (Å²) in [6.07, 6.45) is 1.54. The van der Waals surface area contributed by atoms with Crippen LogP contribution in [-0.2, 0) is 0 Å². The molecule has 0 saturated heterocycles. The fourth-order valence-corrected chi connectivity index (χ4v) is 2.78. The fourth-order valence-electron chi connectivity index (χ4n) is 2.78. The second kappa shape index (κ2) is 6.44. The Morgan fingerprint density at radius 3 is 2.50 bits per heavy atom. The van der Waals surface area contributed by atoms with E-state index in [1.54, 1.807) is 50.6 Å². The molecule has 0 fully saturated rings. The van der Waals surface area contributed by atoms with E-state index in [-0.39, 0.29) is 11.7 Å². The Labute approximate surface area is 149 Å². The number of nitrogens with zero attached hydrogens (tertiary/aromatic N) is 3. The average Bonchev–Trinajstić information content (AvgIpc) is 3.18. The van der Waals surface area contributed by atoms with Crippen molar-refractivity contribution < 1.29 is 18.8 Å². The standard InChI is InChI=1S/C19H15N3O4/c1-24-12-7-11(8-13(9-12)25-2)18-21-19(26-22-18)15-10-20-16-6-4-3-5-14(16)17(15)23/h3-10,15H,1-2H3. The molecule has 4 rings (SSSR count). The van der Waals surface area contributed by atoms with Crippen LogP contribution >= 0.6 is 0 Å². The van der Waals surface area contributed by atoms with Crippen molar-refractivity contribution in [1.82, 2.24) is 10.1 Å². The van der Waals surface area contributed by atoms with E-state index in [2.05, 4.69) is 15.1 Å². The molecule has 3 aromatic rings. The summed E-state index contributed by atoms with van der Waals surface area (Å²) in [6, 6.07) is 12.5. The van der Waals surface area contributed by atoms with Crippen LogP contribution in [0.5, 0.6) is 11.5 Å². The van der Waals surface area contributed by atoms with Gasteiger partial charge in [0.2, 0.25) is 11.7 Å². The number of ether oxygens (including phenoxy) is 2. The molecule has 130 valence electrons. The van der Waals surface area contributed by atoms with Crippen LogP contribution in [-0.4, -0.2) is 36.4 Å². The van der Waals surface area contributed by atoms with Gasteiger partial charge in [-0.25, -0.2) is 0 Å². The van der Waals surface area contributed by atoms with Crippen LogP contribution in [0.3, 0.4) is 0 Å². The van der Waals surface area contributed by atoms with E-state index in [1.165, 1.54) is 6.21 Å². The van der Waals surface area contributed by atoms with Gasteiger partial charge < -0.3 is 14.0 Å². The first kappa shape index (κ1) is 16.0. The van der Waals surface area contributed by atoms with E-state index in [9.17, 15) is 4.79 Å². The molecule has 0 radical (unpaired) electrons. The van der Waals surface area contributed by atoms with Crippen LogP contribution in [0, 0.1) is 0 Å². The molecule has 26 heavy (non-hydrogen) atoms. The number of aliphatic imine (C=N–C) groups is 1. The summed E-state index contributed by atoms with van der Waals surface area (Å²) < 4.78 is 15.8. The first-order valence-corrected chi connectivity index (χ1v) is 7.94. The van der Waals surface area contributed by atoms with Crippen LogP contribution < -0.4 is 9.47 Å². The number of hydrogen-bond acceptors (Lipinski definition) is 7. The molecule has 1 aliphatic rings. The lowest BCUT2D eigenvalue weighted by Crippen LogP contribution is -2.18. The summed E-state index contributed by atoms with van der Waals surface area (Å²) in [4.78, 5) is 21.4. The van der Waals surface area contributed by atoms with Gasteiger partial charge in [-0.2, -0.15) is 4.98 Å². The zero-order chi connectivity index (χ0) is 18.1. The molecule has 0 saturated carbocycles. The summed E-state index contributed by atoms with van der Waals surface area (Å²) in [6.45, 7) is 0. The summed E-state index contributed by atoms with van der Waals surface area (Å²) in [5, 5.41) is 3.99. The van der Waals surface area contributed by atoms with Crippen LogP contribution in [0.1, 0.15) is 22.2 Å². The number of rotatable bonds is 4. The van der Waals surface area contributed by atoms with Crippen LogP contribution in [0.2, 0.25) is 0 Å². The Bertz CT molecular complexity index is 987. The van der Waals surface area contributed by atoms with Crippen LogP contribution in [0.4, 0.5) is 5.69 Å². The molecule has 0 amide bonds.